The summed E-state index contributed by atoms with van der Waals surface area (Å²) in [5.74, 6) is -0.418. The lowest BCUT2D eigenvalue weighted by molar-refractivity contribution is 0.0699. The van der Waals surface area contributed by atoms with Crippen LogP contribution in [0.25, 0.3) is 16.6 Å². The number of hydrogen-bond donors (Lipinski definition) is 1. The highest BCUT2D eigenvalue weighted by Gasteiger charge is 2.14. The van der Waals surface area contributed by atoms with E-state index >= 15 is 0 Å². The van der Waals surface area contributed by atoms with E-state index in [1.165, 1.54) is 5.56 Å². The van der Waals surface area contributed by atoms with Gasteiger partial charge in [-0.15, -0.1) is 0 Å². The maximum atomic E-state index is 11.4. The highest BCUT2D eigenvalue weighted by molar-refractivity contribution is 6.04. The van der Waals surface area contributed by atoms with Crippen LogP contribution >= 0.6 is 0 Å². The molecule has 1 N–H and O–H groups in total. The predicted octanol–water partition coefficient (Wildman–Crippen LogP) is 4.45. The van der Waals surface area contributed by atoms with E-state index < -0.39 is 5.97 Å². The largest absolute Gasteiger partial charge is 0.478 e. The summed E-state index contributed by atoms with van der Waals surface area (Å²) < 4.78 is 1.93. The molecular weight excluding hydrogens is 262 g/mol. The molecule has 21 heavy (non-hydrogen) atoms. The number of nitrogens with zero attached hydrogens (tertiary/aromatic N) is 1. The second-order valence-electron chi connectivity index (χ2n) is 5.48. The Morgan fingerprint density at radius 2 is 1.71 bits per heavy atom. The number of hydrogen-bond acceptors (Lipinski definition) is 1. The van der Waals surface area contributed by atoms with Crippen molar-refractivity contribution in [2.75, 3.05) is 0 Å². The molecule has 0 amide bonds. The first kappa shape index (κ1) is 13.4. The zero-order chi connectivity index (χ0) is 15.0. The SMILES string of the molecule is CC(C)c1ccc(-n2cc(C(=O)O)c3ccccc32)cc1. The number of carboxylic acids is 1. The molecule has 1 heterocycles. The average molecular weight is 279 g/mol. The van der Waals surface area contributed by atoms with Crippen molar-refractivity contribution in [3.05, 3.63) is 65.9 Å². The molecule has 0 aliphatic carbocycles. The van der Waals surface area contributed by atoms with E-state index in [0.717, 1.165) is 16.6 Å². The van der Waals surface area contributed by atoms with Gasteiger partial charge in [-0.25, -0.2) is 4.79 Å². The molecule has 3 nitrogen and oxygen atoms in total. The van der Waals surface area contributed by atoms with Crippen LogP contribution in [-0.2, 0) is 0 Å². The van der Waals surface area contributed by atoms with Crippen molar-refractivity contribution in [1.82, 2.24) is 4.57 Å². The zero-order valence-corrected chi connectivity index (χ0v) is 12.1. The number of rotatable bonds is 3. The van der Waals surface area contributed by atoms with Gasteiger partial charge in [0.25, 0.3) is 0 Å². The zero-order valence-electron chi connectivity index (χ0n) is 12.1. The van der Waals surface area contributed by atoms with Crippen LogP contribution in [0.4, 0.5) is 0 Å². The van der Waals surface area contributed by atoms with E-state index in [1.54, 1.807) is 6.20 Å². The number of benzene rings is 2. The fraction of sp³-hybridized carbons (Fsp3) is 0.167. The lowest BCUT2D eigenvalue weighted by Crippen LogP contribution is -1.95. The van der Waals surface area contributed by atoms with Crippen molar-refractivity contribution in [3.63, 3.8) is 0 Å². The van der Waals surface area contributed by atoms with Crippen molar-refractivity contribution < 1.29 is 9.90 Å². The lowest BCUT2D eigenvalue weighted by atomic mass is 10.0. The van der Waals surface area contributed by atoms with E-state index in [-0.39, 0.29) is 0 Å². The molecule has 0 radical (unpaired) electrons. The molecule has 0 unspecified atom stereocenters. The number of fused-ring (bicyclic) bond motifs is 1. The Labute approximate surface area is 123 Å². The van der Waals surface area contributed by atoms with E-state index in [4.69, 9.17) is 0 Å². The molecule has 3 rings (SSSR count). The van der Waals surface area contributed by atoms with Crippen LogP contribution in [0.3, 0.4) is 0 Å². The number of aromatic carboxylic acids is 1. The van der Waals surface area contributed by atoms with Crippen LogP contribution in [0.2, 0.25) is 0 Å². The molecule has 0 atom stereocenters. The molecule has 106 valence electrons. The van der Waals surface area contributed by atoms with Crippen molar-refractivity contribution in [1.29, 1.82) is 0 Å². The third kappa shape index (κ3) is 2.31. The summed E-state index contributed by atoms with van der Waals surface area (Å²) >= 11 is 0. The molecular formula is C18H17NO2. The molecule has 1 aromatic heterocycles. The summed E-state index contributed by atoms with van der Waals surface area (Å²) in [4.78, 5) is 11.4. The first-order valence-electron chi connectivity index (χ1n) is 7.01. The van der Waals surface area contributed by atoms with E-state index in [2.05, 4.69) is 26.0 Å². The van der Waals surface area contributed by atoms with Gasteiger partial charge in [0.15, 0.2) is 0 Å². The van der Waals surface area contributed by atoms with Crippen molar-refractivity contribution in [2.45, 2.75) is 19.8 Å². The Bertz CT molecular complexity index is 798. The number of carbonyl (C=O) groups is 1. The minimum absolute atomic E-state index is 0.332. The van der Waals surface area contributed by atoms with Crippen molar-refractivity contribution in [2.24, 2.45) is 0 Å². The molecule has 0 saturated carbocycles. The highest BCUT2D eigenvalue weighted by atomic mass is 16.4. The Balaban J connectivity index is 2.18. The molecule has 0 spiro atoms. The first-order chi connectivity index (χ1) is 10.1. The predicted molar refractivity (Wildman–Crippen MR) is 84.3 cm³/mol. The van der Waals surface area contributed by atoms with Gasteiger partial charge >= 0.3 is 5.97 Å². The smallest absolute Gasteiger partial charge is 0.337 e. The molecule has 3 heteroatoms. The van der Waals surface area contributed by atoms with Gasteiger partial charge in [0.1, 0.15) is 0 Å². The third-order valence-corrected chi connectivity index (χ3v) is 3.78. The Morgan fingerprint density at radius 1 is 1.05 bits per heavy atom. The van der Waals surface area contributed by atoms with Crippen molar-refractivity contribution >= 4 is 16.9 Å². The summed E-state index contributed by atoms with van der Waals surface area (Å²) in [6.07, 6.45) is 1.69. The second kappa shape index (κ2) is 5.09. The Kier molecular flexibility index (Phi) is 3.26. The topological polar surface area (TPSA) is 42.2 Å². The molecule has 0 saturated heterocycles. The monoisotopic (exact) mass is 279 g/mol. The van der Waals surface area contributed by atoms with Gasteiger partial charge in [-0.2, -0.15) is 0 Å². The quantitative estimate of drug-likeness (QED) is 0.769. The molecule has 0 aliphatic rings. The Hall–Kier alpha value is -2.55. The minimum atomic E-state index is -0.899. The third-order valence-electron chi connectivity index (χ3n) is 3.78. The summed E-state index contributed by atoms with van der Waals surface area (Å²) in [5.41, 5.74) is 3.49. The maximum Gasteiger partial charge on any atom is 0.337 e. The van der Waals surface area contributed by atoms with E-state index in [1.807, 2.05) is 41.0 Å². The van der Waals surface area contributed by atoms with Crippen LogP contribution in [0.5, 0.6) is 0 Å². The molecule has 0 bridgehead atoms. The molecule has 2 aromatic carbocycles. The minimum Gasteiger partial charge on any atom is -0.478 e. The summed E-state index contributed by atoms with van der Waals surface area (Å²) in [5, 5.41) is 10.1. The molecule has 3 aromatic rings. The van der Waals surface area contributed by atoms with Crippen LogP contribution in [0.1, 0.15) is 35.7 Å². The number of aromatic nitrogens is 1. The van der Waals surface area contributed by atoms with E-state index in [9.17, 15) is 9.90 Å². The van der Waals surface area contributed by atoms with E-state index in [0.29, 0.717) is 11.5 Å². The number of para-hydroxylation sites is 1. The standard InChI is InChI=1S/C18H17NO2/c1-12(2)13-7-9-14(10-8-13)19-11-16(18(20)21)15-5-3-4-6-17(15)19/h3-12H,1-2H3,(H,20,21). The molecule has 0 aliphatic heterocycles. The van der Waals surface area contributed by atoms with Gasteiger partial charge in [0.2, 0.25) is 0 Å². The van der Waals surface area contributed by atoms with Gasteiger partial charge in [-0.3, -0.25) is 0 Å². The van der Waals surface area contributed by atoms with Gasteiger partial charge in [0.05, 0.1) is 11.1 Å². The van der Waals surface area contributed by atoms with Gasteiger partial charge in [-0.05, 0) is 29.7 Å². The van der Waals surface area contributed by atoms with Crippen molar-refractivity contribution in [3.8, 4) is 5.69 Å². The van der Waals surface area contributed by atoms with Gasteiger partial charge in [0, 0.05) is 17.3 Å². The van der Waals surface area contributed by atoms with Crippen LogP contribution in [0.15, 0.2) is 54.7 Å². The summed E-state index contributed by atoms with van der Waals surface area (Å²) in [6.45, 7) is 4.31. The fourth-order valence-corrected chi connectivity index (χ4v) is 2.58. The van der Waals surface area contributed by atoms with Crippen LogP contribution in [-0.4, -0.2) is 15.6 Å². The van der Waals surface area contributed by atoms with Gasteiger partial charge < -0.3 is 9.67 Å². The van der Waals surface area contributed by atoms with Crippen LogP contribution in [0, 0.1) is 0 Å². The van der Waals surface area contributed by atoms with Gasteiger partial charge in [-0.1, -0.05) is 44.2 Å². The first-order valence-corrected chi connectivity index (χ1v) is 7.01. The fourth-order valence-electron chi connectivity index (χ4n) is 2.58. The Morgan fingerprint density at radius 3 is 2.33 bits per heavy atom. The maximum absolute atomic E-state index is 11.4. The molecule has 0 fully saturated rings. The normalized spacial score (nSPS) is 11.2. The number of carboxylic acid groups (broad SMARTS) is 1. The highest BCUT2D eigenvalue weighted by Crippen LogP contribution is 2.26. The summed E-state index contributed by atoms with van der Waals surface area (Å²) in [6, 6.07) is 15.8. The van der Waals surface area contributed by atoms with Crippen LogP contribution < -0.4 is 0 Å². The lowest BCUT2D eigenvalue weighted by Gasteiger charge is -2.09. The average Bonchev–Trinajstić information content (AvgIpc) is 2.87. The second-order valence-corrected chi connectivity index (χ2v) is 5.48. The summed E-state index contributed by atoms with van der Waals surface area (Å²) in [7, 11) is 0.